The van der Waals surface area contributed by atoms with Crippen LogP contribution >= 0.6 is 0 Å². The Labute approximate surface area is 152 Å². The third kappa shape index (κ3) is 3.26. The number of carbonyl (C=O) groups excluding carboxylic acids is 1. The number of aromatic nitrogens is 2. The number of para-hydroxylation sites is 1. The lowest BCUT2D eigenvalue weighted by Gasteiger charge is -2.37. The van der Waals surface area contributed by atoms with Crippen LogP contribution in [0.2, 0.25) is 0 Å². The van der Waals surface area contributed by atoms with Crippen molar-refractivity contribution in [2.45, 2.75) is 19.1 Å². The maximum Gasteiger partial charge on any atom is 0.272 e. The number of imidazole rings is 1. The summed E-state index contributed by atoms with van der Waals surface area (Å²) in [6.07, 6.45) is 3.18. The first-order chi connectivity index (χ1) is 12.7. The van der Waals surface area contributed by atoms with Gasteiger partial charge in [0.2, 0.25) is 0 Å². The molecule has 1 aliphatic heterocycles. The van der Waals surface area contributed by atoms with Crippen molar-refractivity contribution in [3.63, 3.8) is 0 Å². The maximum atomic E-state index is 13.2. The van der Waals surface area contributed by atoms with Crippen molar-refractivity contribution in [3.8, 4) is 5.69 Å². The third-order valence-electron chi connectivity index (χ3n) is 4.61. The Morgan fingerprint density at radius 1 is 1.04 bits per heavy atom. The summed E-state index contributed by atoms with van der Waals surface area (Å²) in [7, 11) is 0. The molecule has 1 saturated heterocycles. The molecule has 4 rings (SSSR count). The van der Waals surface area contributed by atoms with E-state index in [9.17, 15) is 4.79 Å². The molecule has 0 spiro atoms. The van der Waals surface area contributed by atoms with Crippen LogP contribution < -0.4 is 0 Å². The molecule has 0 unspecified atom stereocenters. The molecule has 1 amide bonds. The Morgan fingerprint density at radius 2 is 1.73 bits per heavy atom. The Hall–Kier alpha value is -2.92. The van der Waals surface area contributed by atoms with Gasteiger partial charge in [-0.15, -0.1) is 0 Å². The Kier molecular flexibility index (Phi) is 4.54. The highest BCUT2D eigenvalue weighted by atomic mass is 16.5. The zero-order valence-corrected chi connectivity index (χ0v) is 14.7. The second-order valence-electron chi connectivity index (χ2n) is 6.54. The van der Waals surface area contributed by atoms with Gasteiger partial charge in [-0.25, -0.2) is 4.98 Å². The fourth-order valence-corrected chi connectivity index (χ4v) is 3.38. The summed E-state index contributed by atoms with van der Waals surface area (Å²) in [5.74, 6) is -0.0255. The minimum Gasteiger partial charge on any atom is -0.367 e. The van der Waals surface area contributed by atoms with Gasteiger partial charge in [0.15, 0.2) is 0 Å². The van der Waals surface area contributed by atoms with Crippen LogP contribution in [0, 0.1) is 0 Å². The molecule has 2 aromatic carbocycles. The predicted molar refractivity (Wildman–Crippen MR) is 99.2 cm³/mol. The molecule has 0 radical (unpaired) electrons. The van der Waals surface area contributed by atoms with Crippen LogP contribution in [-0.2, 0) is 4.74 Å². The second kappa shape index (κ2) is 7.14. The molecule has 0 aliphatic carbocycles. The number of benzene rings is 2. The standard InChI is InChI=1S/C21H21N3O2/c1-16-13-23(14-20(26-16)17-8-4-2-5-9-17)21(25)19-12-22-15-24(19)18-10-6-3-7-11-18/h2-12,15-16,20H,13-14H2,1H3/t16-,20-/m1/s1. The number of morpholine rings is 1. The average molecular weight is 347 g/mol. The smallest absolute Gasteiger partial charge is 0.272 e. The van der Waals surface area contributed by atoms with Gasteiger partial charge in [-0.2, -0.15) is 0 Å². The maximum absolute atomic E-state index is 13.2. The van der Waals surface area contributed by atoms with Crippen molar-refractivity contribution >= 4 is 5.91 Å². The van der Waals surface area contributed by atoms with Crippen molar-refractivity contribution in [2.75, 3.05) is 13.1 Å². The normalized spacial score (nSPS) is 20.1. The van der Waals surface area contributed by atoms with E-state index in [1.165, 1.54) is 0 Å². The van der Waals surface area contributed by atoms with Gasteiger partial charge in [0.25, 0.3) is 5.91 Å². The van der Waals surface area contributed by atoms with Crippen molar-refractivity contribution in [3.05, 3.63) is 84.4 Å². The molecule has 0 saturated carbocycles. The summed E-state index contributed by atoms with van der Waals surface area (Å²) < 4.78 is 7.90. The van der Waals surface area contributed by atoms with E-state index in [0.29, 0.717) is 18.8 Å². The molecule has 2 atom stereocenters. The van der Waals surface area contributed by atoms with Crippen LogP contribution in [0.15, 0.2) is 73.2 Å². The van der Waals surface area contributed by atoms with Crippen molar-refractivity contribution < 1.29 is 9.53 Å². The van der Waals surface area contributed by atoms with Gasteiger partial charge in [-0.05, 0) is 24.6 Å². The monoisotopic (exact) mass is 347 g/mol. The van der Waals surface area contributed by atoms with Gasteiger partial charge < -0.3 is 9.64 Å². The van der Waals surface area contributed by atoms with E-state index < -0.39 is 0 Å². The number of rotatable bonds is 3. The molecule has 1 fully saturated rings. The Morgan fingerprint density at radius 3 is 2.46 bits per heavy atom. The number of hydrogen-bond acceptors (Lipinski definition) is 3. The van der Waals surface area contributed by atoms with Crippen molar-refractivity contribution in [1.29, 1.82) is 0 Å². The number of carbonyl (C=O) groups is 1. The quantitative estimate of drug-likeness (QED) is 0.729. The summed E-state index contributed by atoms with van der Waals surface area (Å²) in [5.41, 5.74) is 2.58. The van der Waals surface area contributed by atoms with Crippen LogP contribution in [0.5, 0.6) is 0 Å². The van der Waals surface area contributed by atoms with Crippen molar-refractivity contribution in [2.24, 2.45) is 0 Å². The molecule has 5 nitrogen and oxygen atoms in total. The van der Waals surface area contributed by atoms with Crippen LogP contribution in [0.3, 0.4) is 0 Å². The summed E-state index contributed by atoms with van der Waals surface area (Å²) in [5, 5.41) is 0. The fraction of sp³-hybridized carbons (Fsp3) is 0.238. The van der Waals surface area contributed by atoms with E-state index in [-0.39, 0.29) is 18.1 Å². The fourth-order valence-electron chi connectivity index (χ4n) is 3.38. The van der Waals surface area contributed by atoms with Gasteiger partial charge in [0.05, 0.1) is 25.2 Å². The number of ether oxygens (including phenoxy) is 1. The molecule has 26 heavy (non-hydrogen) atoms. The molecule has 132 valence electrons. The highest BCUT2D eigenvalue weighted by molar-refractivity contribution is 5.93. The Bertz CT molecular complexity index is 877. The Balaban J connectivity index is 1.60. The highest BCUT2D eigenvalue weighted by Gasteiger charge is 2.31. The first-order valence-electron chi connectivity index (χ1n) is 8.80. The summed E-state index contributed by atoms with van der Waals surface area (Å²) in [6.45, 7) is 3.11. The largest absolute Gasteiger partial charge is 0.367 e. The van der Waals surface area contributed by atoms with Crippen molar-refractivity contribution in [1.82, 2.24) is 14.5 Å². The average Bonchev–Trinajstić information content (AvgIpc) is 3.18. The van der Waals surface area contributed by atoms with E-state index in [2.05, 4.69) is 4.98 Å². The minimum absolute atomic E-state index is 0.0222. The van der Waals surface area contributed by atoms with Gasteiger partial charge in [0.1, 0.15) is 11.8 Å². The molecule has 1 aromatic heterocycles. The van der Waals surface area contributed by atoms with Crippen LogP contribution in [0.4, 0.5) is 0 Å². The molecular weight excluding hydrogens is 326 g/mol. The van der Waals surface area contributed by atoms with E-state index >= 15 is 0 Å². The van der Waals surface area contributed by atoms with E-state index in [0.717, 1.165) is 11.3 Å². The predicted octanol–water partition coefficient (Wildman–Crippen LogP) is 3.47. The number of nitrogens with zero attached hydrogens (tertiary/aromatic N) is 3. The van der Waals surface area contributed by atoms with Gasteiger partial charge >= 0.3 is 0 Å². The molecule has 0 bridgehead atoms. The highest BCUT2D eigenvalue weighted by Crippen LogP contribution is 2.26. The first-order valence-corrected chi connectivity index (χ1v) is 8.80. The number of amides is 1. The zero-order valence-electron chi connectivity index (χ0n) is 14.7. The van der Waals surface area contributed by atoms with Crippen LogP contribution in [0.1, 0.15) is 29.1 Å². The summed E-state index contributed by atoms with van der Waals surface area (Å²) in [4.78, 5) is 19.2. The molecule has 5 heteroatoms. The molecule has 3 aromatic rings. The molecule has 1 aliphatic rings. The minimum atomic E-state index is -0.114. The van der Waals surface area contributed by atoms with Gasteiger partial charge in [0, 0.05) is 12.2 Å². The second-order valence-corrected chi connectivity index (χ2v) is 6.54. The lowest BCUT2D eigenvalue weighted by Crippen LogP contribution is -2.46. The lowest BCUT2D eigenvalue weighted by molar-refractivity contribution is -0.0693. The zero-order chi connectivity index (χ0) is 17.9. The van der Waals surface area contributed by atoms with Crippen LogP contribution in [0.25, 0.3) is 5.69 Å². The van der Waals surface area contributed by atoms with E-state index in [4.69, 9.17) is 4.74 Å². The molecule has 2 heterocycles. The first kappa shape index (κ1) is 16.5. The SMILES string of the molecule is C[C@@H]1CN(C(=O)c2cncn2-c2ccccc2)C[C@H](c2ccccc2)O1. The third-order valence-corrected chi connectivity index (χ3v) is 4.61. The molecular formula is C21H21N3O2. The van der Waals surface area contributed by atoms with E-state index in [1.807, 2.05) is 77.1 Å². The summed E-state index contributed by atoms with van der Waals surface area (Å²) >= 11 is 0. The van der Waals surface area contributed by atoms with Gasteiger partial charge in [-0.1, -0.05) is 48.5 Å². The van der Waals surface area contributed by atoms with E-state index in [1.54, 1.807) is 12.5 Å². The van der Waals surface area contributed by atoms with Gasteiger partial charge in [-0.3, -0.25) is 9.36 Å². The number of hydrogen-bond donors (Lipinski definition) is 0. The molecule has 0 N–H and O–H groups in total. The van der Waals surface area contributed by atoms with Crippen LogP contribution in [-0.4, -0.2) is 39.6 Å². The summed E-state index contributed by atoms with van der Waals surface area (Å²) in [6, 6.07) is 19.8. The topological polar surface area (TPSA) is 47.4 Å². The lowest BCUT2D eigenvalue weighted by atomic mass is 10.1.